The van der Waals surface area contributed by atoms with Crippen LogP contribution >= 0.6 is 0 Å². The van der Waals surface area contributed by atoms with E-state index in [0.717, 1.165) is 38.5 Å². The molecule has 12 atom stereocenters. The fourth-order valence-electron chi connectivity index (χ4n) is 13.2. The molecule has 4 saturated heterocycles. The average Bonchev–Trinajstić information content (AvgIpc) is 1.60. The smallest absolute Gasteiger partial charge is 0.408 e. The Labute approximate surface area is 591 Å². The predicted molar refractivity (Wildman–Crippen MR) is 338 cm³/mol. The number of nitrogens with one attached hydrogen (secondary N) is 3. The second-order valence-electron chi connectivity index (χ2n) is 28.2. The van der Waals surface area contributed by atoms with Crippen molar-refractivity contribution in [1.82, 2.24) is 25.8 Å². The summed E-state index contributed by atoms with van der Waals surface area (Å²) < 4.78 is 32.9. The maximum absolute atomic E-state index is 14.4. The van der Waals surface area contributed by atoms with Crippen LogP contribution in [0.25, 0.3) is 0 Å². The Bertz CT molecular complexity index is 2690. The molecule has 6 heterocycles. The third kappa shape index (κ3) is 22.5. The molecule has 0 aromatic rings. The van der Waals surface area contributed by atoms with Gasteiger partial charge in [-0.1, -0.05) is 78.5 Å². The van der Waals surface area contributed by atoms with Crippen molar-refractivity contribution < 1.29 is 141 Å². The monoisotopic (exact) mass is 1590 g/mol. The molecule has 0 bridgehead atoms. The van der Waals surface area contributed by atoms with Crippen molar-refractivity contribution in [2.75, 3.05) is 60.3 Å². The molecule has 4 N–H and O–H groups in total. The summed E-state index contributed by atoms with van der Waals surface area (Å²) in [5.74, 6) is -3.05. The first-order valence-corrected chi connectivity index (χ1v) is 32.5. The van der Waals surface area contributed by atoms with Crippen LogP contribution in [0.5, 0.6) is 0 Å². The Morgan fingerprint density at radius 3 is 1.31 bits per heavy atom. The molecule has 5 amide bonds. The van der Waals surface area contributed by atoms with Crippen LogP contribution in [0.4, 0.5) is 9.59 Å². The quantitative estimate of drug-likeness (QED) is 0.0566. The van der Waals surface area contributed by atoms with Gasteiger partial charge in [0, 0.05) is 135 Å². The summed E-state index contributed by atoms with van der Waals surface area (Å²) in [6.07, 6.45) is 5.26. The van der Waals surface area contributed by atoms with E-state index < -0.39 is 101 Å². The van der Waals surface area contributed by atoms with Gasteiger partial charge in [0.05, 0.1) is 51.6 Å². The molecular formula is C66H105N7O19UV-2. The summed E-state index contributed by atoms with van der Waals surface area (Å²) in [6.45, 7) is 18.5. The van der Waals surface area contributed by atoms with Crippen molar-refractivity contribution in [3.05, 3.63) is 14.9 Å². The number of oxime groups is 2. The Morgan fingerprint density at radius 2 is 1.00 bits per heavy atom. The number of ketones is 4. The van der Waals surface area contributed by atoms with E-state index in [0.29, 0.717) is 76.7 Å². The number of carbonyl (C=O) groups excluding carboxylic acids is 9. The molecule has 2 saturated carbocycles. The number of ether oxygens (including phenoxy) is 6. The molecule has 1 radical (unpaired) electrons. The summed E-state index contributed by atoms with van der Waals surface area (Å²) in [5, 5.41) is 25.5. The summed E-state index contributed by atoms with van der Waals surface area (Å²) in [4.78, 5) is 148. The first kappa shape index (κ1) is 83.7. The number of nitrogens with zero attached hydrogens (tertiary/aromatic N) is 4. The van der Waals surface area contributed by atoms with Crippen LogP contribution in [-0.4, -0.2) is 205 Å². The van der Waals surface area contributed by atoms with E-state index in [1.807, 2.05) is 34.6 Å². The molecular weight excluding hydrogens is 1480 g/mol. The van der Waals surface area contributed by atoms with E-state index in [-0.39, 0.29) is 175 Å². The molecule has 0 aromatic heterocycles. The van der Waals surface area contributed by atoms with Crippen LogP contribution in [0.2, 0.25) is 0 Å². The molecule has 2 unspecified atom stereocenters. The zero-order valence-electron chi connectivity index (χ0n) is 57.6. The molecule has 94 heavy (non-hydrogen) atoms. The summed E-state index contributed by atoms with van der Waals surface area (Å²) in [7, 11) is 2.99. The second kappa shape index (κ2) is 36.9. The molecule has 8 rings (SSSR count). The Morgan fingerprint density at radius 1 is 0.617 bits per heavy atom. The topological polar surface area (TPSA) is 332 Å². The number of hydrogen-bond acceptors (Lipinski definition) is 20. The van der Waals surface area contributed by atoms with Crippen molar-refractivity contribution in [3.8, 4) is 0 Å². The summed E-state index contributed by atoms with van der Waals surface area (Å²) in [6, 6.07) is -4.00. The number of hydrogen-bond donors (Lipinski definition) is 4. The molecule has 6 fully saturated rings. The molecule has 2 aliphatic carbocycles. The minimum atomic E-state index is -1.23. The van der Waals surface area contributed by atoms with Crippen LogP contribution in [0.3, 0.4) is 0 Å². The first-order chi connectivity index (χ1) is 42.6. The van der Waals surface area contributed by atoms with Crippen LogP contribution in [-0.2, 0) is 95.0 Å². The number of alkyl carbamates (subject to hydrolysis) is 2. The van der Waals surface area contributed by atoms with Crippen LogP contribution < -0.4 is 16.0 Å². The SMILES string of the molecule is CCC[C@H](CC(=O)[C@@H]1C[C@]2(CC(C(=O)NCC)=NO2)CN1C(=O)[C@@H](NC(=O)O[C@H]1CCOC1)C(C)(C)C)C(OC)C(=O)CC1CC1.CCC[C@H](CC(=O)[C@@H]1C[C@]2(CC(C(=O)O)=NO2)CN1C(=O)[C@@H](NC(=O)O[C@H]1CCOC1)C(C)(C)C)C(OC)C(=O)CC1CC1.[CH3-].[CH3-].[U].[V]. The Kier molecular flexibility index (Phi) is 32.9. The van der Waals surface area contributed by atoms with E-state index in [4.69, 9.17) is 38.1 Å². The standard InChI is InChI=1S/C33H52N4O9.C31H47N3O10.2CH3.U.V/c1-7-9-21(27(43-6)26(39)14-20-10-11-20)15-25(38)24-17-33(16-23(36-46-33)29(40)34-8-2)19-37(24)30(41)28(32(3,4)5)35-31(42)45-22-12-13-44-18-22;1-6-7-19(25(41-5)24(36)12-18-8-9-18)13-23(35)22-15-31(14-21(28(38)39)33-44-31)17-34(22)27(37)26(30(2,3)4)32-29(40)43-20-10-11-42-16-20;;;;/h20-22,24,27-28H,7-19H2,1-6H3,(H,34,40)(H,35,42);18-20,22,25-26H,6-17H2,1-5H3,(H,32,40)(H,38,39);2*1H3;;/q;;2*-1;;/t21-,22+,24+,27?,28-,33-;19-,20+,22+,25?,26-,31-;;;;/m11..../s1. The second-order valence-corrected chi connectivity index (χ2v) is 28.2. The van der Waals surface area contributed by atoms with E-state index in [9.17, 15) is 53.1 Å². The number of carbonyl (C=O) groups is 10. The first-order valence-electron chi connectivity index (χ1n) is 32.5. The number of aliphatic carboxylic acids is 1. The van der Waals surface area contributed by atoms with Gasteiger partial charge in [0.1, 0.15) is 42.2 Å². The Balaban J connectivity index is 0.000000471. The average molecular weight is 1590 g/mol. The van der Waals surface area contributed by atoms with E-state index in [1.54, 1.807) is 27.7 Å². The van der Waals surface area contributed by atoms with Gasteiger partial charge >= 0.3 is 18.2 Å². The van der Waals surface area contributed by atoms with Gasteiger partial charge in [-0.05, 0) is 80.0 Å². The van der Waals surface area contributed by atoms with Crippen LogP contribution in [0.15, 0.2) is 10.3 Å². The number of likely N-dealkylation sites (tertiary alicyclic amines) is 2. The van der Waals surface area contributed by atoms with Crippen molar-refractivity contribution in [1.29, 1.82) is 0 Å². The van der Waals surface area contributed by atoms with Crippen LogP contribution in [0.1, 0.15) is 178 Å². The van der Waals surface area contributed by atoms with Gasteiger partial charge in [0.25, 0.3) is 5.91 Å². The number of carboxylic acid groups (broad SMARTS) is 1. The maximum Gasteiger partial charge on any atom is 0.408 e. The van der Waals surface area contributed by atoms with Crippen molar-refractivity contribution in [3.63, 3.8) is 0 Å². The third-order valence-corrected chi connectivity index (χ3v) is 18.3. The minimum absolute atomic E-state index is 0. The van der Waals surface area contributed by atoms with Crippen molar-refractivity contribution in [2.24, 2.45) is 44.8 Å². The zero-order chi connectivity index (χ0) is 65.9. The fraction of sp³-hybridized carbons (Fsp3) is 0.788. The van der Waals surface area contributed by atoms with Gasteiger partial charge in [-0.2, -0.15) is 0 Å². The van der Waals surface area contributed by atoms with E-state index in [2.05, 4.69) is 26.3 Å². The maximum atomic E-state index is 14.4. The van der Waals surface area contributed by atoms with E-state index in [1.165, 1.54) is 24.0 Å². The van der Waals surface area contributed by atoms with Gasteiger partial charge < -0.3 is 83.8 Å². The molecule has 529 valence electrons. The fourth-order valence-corrected chi connectivity index (χ4v) is 13.2. The van der Waals surface area contributed by atoms with Gasteiger partial charge in [-0.3, -0.25) is 33.6 Å². The van der Waals surface area contributed by atoms with Crippen molar-refractivity contribution >= 4 is 70.4 Å². The summed E-state index contributed by atoms with van der Waals surface area (Å²) >= 11 is 0. The van der Waals surface area contributed by atoms with Crippen LogP contribution in [0, 0.1) is 80.5 Å². The molecule has 6 aliphatic heterocycles. The van der Waals surface area contributed by atoms with Gasteiger partial charge in [-0.25, -0.2) is 14.4 Å². The molecule has 8 aliphatic rings. The minimum Gasteiger partial charge on any atom is -0.477 e. The van der Waals surface area contributed by atoms with E-state index >= 15 is 0 Å². The Hall–Kier alpha value is -4.48. The van der Waals surface area contributed by atoms with Gasteiger partial charge in [-0.15, -0.1) is 0 Å². The predicted octanol–water partition coefficient (Wildman–Crippen LogP) is 6.70. The third-order valence-electron chi connectivity index (χ3n) is 18.3. The number of Topliss-reactive ketones (excluding diaryl/α,β-unsaturated/α-hetero) is 4. The number of amides is 5. The van der Waals surface area contributed by atoms with Gasteiger partial charge in [0.15, 0.2) is 40.0 Å². The van der Waals surface area contributed by atoms with Crippen molar-refractivity contribution in [2.45, 2.75) is 238 Å². The molecule has 0 aromatic carbocycles. The molecule has 2 spiro atoms. The number of carboxylic acids is 1. The van der Waals surface area contributed by atoms with Gasteiger partial charge in [0.2, 0.25) is 11.8 Å². The molecule has 26 nitrogen and oxygen atoms in total. The number of methoxy groups -OCH3 is 2. The summed E-state index contributed by atoms with van der Waals surface area (Å²) in [5.41, 5.74) is -3.78. The number of rotatable bonds is 29. The normalized spacial score (nSPS) is 25.4. The molecule has 28 heteroatoms. The largest absolute Gasteiger partial charge is 0.477 e. The zero-order valence-corrected chi connectivity index (χ0v) is 63.2.